The van der Waals surface area contributed by atoms with Gasteiger partial charge in [-0.15, -0.1) is 11.8 Å². The lowest BCUT2D eigenvalue weighted by Gasteiger charge is -2.15. The Bertz CT molecular complexity index is 837. The third kappa shape index (κ3) is 5.47. The van der Waals surface area contributed by atoms with Crippen LogP contribution in [0.5, 0.6) is 0 Å². The minimum atomic E-state index is -3.55. The van der Waals surface area contributed by atoms with E-state index in [2.05, 4.69) is 5.32 Å². The van der Waals surface area contributed by atoms with Crippen molar-refractivity contribution in [2.75, 3.05) is 19.8 Å². The van der Waals surface area contributed by atoms with Crippen LogP contribution in [0.15, 0.2) is 58.3 Å². The van der Waals surface area contributed by atoms with Crippen molar-refractivity contribution in [1.82, 2.24) is 9.62 Å². The molecule has 5 nitrogen and oxygen atoms in total. The van der Waals surface area contributed by atoms with E-state index >= 15 is 0 Å². The largest absolute Gasteiger partial charge is 0.351 e. The first-order valence-electron chi connectivity index (χ1n) is 7.46. The van der Waals surface area contributed by atoms with Gasteiger partial charge in [0.2, 0.25) is 15.9 Å². The van der Waals surface area contributed by atoms with Crippen LogP contribution in [0.1, 0.15) is 5.56 Å². The van der Waals surface area contributed by atoms with Crippen LogP contribution in [-0.2, 0) is 21.4 Å². The number of carbonyl (C=O) groups excluding carboxylic acids is 1. The lowest BCUT2D eigenvalue weighted by molar-refractivity contribution is -0.118. The molecule has 0 aliphatic carbocycles. The molecule has 8 heteroatoms. The van der Waals surface area contributed by atoms with E-state index in [9.17, 15) is 13.2 Å². The highest BCUT2D eigenvalue weighted by molar-refractivity contribution is 8.00. The van der Waals surface area contributed by atoms with E-state index in [1.54, 1.807) is 36.4 Å². The van der Waals surface area contributed by atoms with Crippen LogP contribution in [0.4, 0.5) is 0 Å². The Kier molecular flexibility index (Phi) is 6.89. The van der Waals surface area contributed by atoms with Crippen LogP contribution in [0, 0.1) is 0 Å². The molecule has 1 amide bonds. The van der Waals surface area contributed by atoms with Gasteiger partial charge in [0, 0.05) is 30.6 Å². The molecule has 0 aliphatic heterocycles. The van der Waals surface area contributed by atoms with E-state index in [0.29, 0.717) is 10.6 Å². The Morgan fingerprint density at radius 1 is 1.12 bits per heavy atom. The van der Waals surface area contributed by atoms with Crippen molar-refractivity contribution in [3.05, 3.63) is 59.1 Å². The van der Waals surface area contributed by atoms with Crippen molar-refractivity contribution in [3.8, 4) is 0 Å². The predicted octanol–water partition coefficient (Wildman–Crippen LogP) is 3.00. The molecular weight excluding hydrogens is 380 g/mol. The molecule has 0 heterocycles. The fourth-order valence-electron chi connectivity index (χ4n) is 2.02. The highest BCUT2D eigenvalue weighted by Gasteiger charge is 2.20. The van der Waals surface area contributed by atoms with Gasteiger partial charge in [-0.05, 0) is 35.9 Å². The van der Waals surface area contributed by atoms with Crippen LogP contribution in [-0.4, -0.2) is 38.5 Å². The maximum atomic E-state index is 12.3. The quantitative estimate of drug-likeness (QED) is 0.728. The number of thioether (sulfide) groups is 1. The van der Waals surface area contributed by atoms with Crippen LogP contribution < -0.4 is 5.32 Å². The first-order valence-corrected chi connectivity index (χ1v) is 10.3. The number of nitrogens with zero attached hydrogens (tertiary/aromatic N) is 1. The molecule has 1 N–H and O–H groups in total. The van der Waals surface area contributed by atoms with E-state index in [1.807, 2.05) is 12.1 Å². The van der Waals surface area contributed by atoms with Crippen molar-refractivity contribution in [2.45, 2.75) is 16.3 Å². The topological polar surface area (TPSA) is 66.5 Å². The first-order chi connectivity index (χ1) is 11.8. The van der Waals surface area contributed by atoms with Crippen LogP contribution in [0.25, 0.3) is 0 Å². The number of amides is 1. The number of carbonyl (C=O) groups is 1. The molecule has 0 radical (unpaired) electrons. The molecule has 2 aromatic rings. The Hall–Kier alpha value is -1.54. The second kappa shape index (κ2) is 8.71. The van der Waals surface area contributed by atoms with E-state index in [0.717, 1.165) is 9.20 Å². The molecule has 25 heavy (non-hydrogen) atoms. The summed E-state index contributed by atoms with van der Waals surface area (Å²) < 4.78 is 25.8. The smallest absolute Gasteiger partial charge is 0.242 e. The Balaban J connectivity index is 1.97. The second-order valence-electron chi connectivity index (χ2n) is 5.41. The summed E-state index contributed by atoms with van der Waals surface area (Å²) in [5.41, 5.74) is 0.557. The van der Waals surface area contributed by atoms with Crippen molar-refractivity contribution >= 4 is 39.3 Å². The van der Waals surface area contributed by atoms with Crippen molar-refractivity contribution < 1.29 is 13.2 Å². The molecule has 0 aliphatic rings. The number of hydrogen-bond acceptors (Lipinski definition) is 4. The summed E-state index contributed by atoms with van der Waals surface area (Å²) >= 11 is 7.21. The van der Waals surface area contributed by atoms with Crippen molar-refractivity contribution in [3.63, 3.8) is 0 Å². The van der Waals surface area contributed by atoms with Gasteiger partial charge in [-0.25, -0.2) is 12.7 Å². The fourth-order valence-corrected chi connectivity index (χ4v) is 3.99. The summed E-state index contributed by atoms with van der Waals surface area (Å²) in [7, 11) is -0.591. The summed E-state index contributed by atoms with van der Waals surface area (Å²) in [5.74, 6) is 0.0709. The van der Waals surface area contributed by atoms with Crippen molar-refractivity contribution in [2.24, 2.45) is 0 Å². The van der Waals surface area contributed by atoms with Gasteiger partial charge in [-0.2, -0.15) is 0 Å². The normalized spacial score (nSPS) is 11.5. The fraction of sp³-hybridized carbons (Fsp3) is 0.235. The molecule has 0 fully saturated rings. The lowest BCUT2D eigenvalue weighted by atomic mass is 10.2. The molecule has 0 bridgehead atoms. The monoisotopic (exact) mass is 398 g/mol. The van der Waals surface area contributed by atoms with E-state index in [-0.39, 0.29) is 23.1 Å². The zero-order valence-corrected chi connectivity index (χ0v) is 16.3. The van der Waals surface area contributed by atoms with Crippen LogP contribution in [0.3, 0.4) is 0 Å². The van der Waals surface area contributed by atoms with Gasteiger partial charge < -0.3 is 5.32 Å². The van der Waals surface area contributed by atoms with E-state index in [4.69, 9.17) is 11.6 Å². The average Bonchev–Trinajstić information content (AvgIpc) is 2.59. The number of benzene rings is 2. The molecule has 0 saturated heterocycles. The number of hydrogen-bond donors (Lipinski definition) is 1. The number of rotatable bonds is 7. The Labute approximate surface area is 157 Å². The molecular formula is C17H19ClN2O3S2. The van der Waals surface area contributed by atoms with Gasteiger partial charge in [0.15, 0.2) is 0 Å². The van der Waals surface area contributed by atoms with Gasteiger partial charge in [-0.1, -0.05) is 29.8 Å². The van der Waals surface area contributed by atoms with Crippen LogP contribution >= 0.6 is 23.4 Å². The van der Waals surface area contributed by atoms with Gasteiger partial charge in [0.1, 0.15) is 0 Å². The van der Waals surface area contributed by atoms with Crippen molar-refractivity contribution in [1.29, 1.82) is 0 Å². The minimum Gasteiger partial charge on any atom is -0.351 e. The summed E-state index contributed by atoms with van der Waals surface area (Å²) in [6.07, 6.45) is 0. The summed E-state index contributed by atoms with van der Waals surface area (Å²) in [5, 5.41) is 3.41. The molecule has 2 aromatic carbocycles. The number of nitrogens with one attached hydrogen (secondary N) is 1. The van der Waals surface area contributed by atoms with E-state index < -0.39 is 10.0 Å². The third-order valence-electron chi connectivity index (χ3n) is 3.39. The zero-order chi connectivity index (χ0) is 18.4. The van der Waals surface area contributed by atoms with Gasteiger partial charge >= 0.3 is 0 Å². The zero-order valence-electron chi connectivity index (χ0n) is 13.9. The molecule has 134 valence electrons. The molecule has 0 spiro atoms. The summed E-state index contributed by atoms with van der Waals surface area (Å²) in [4.78, 5) is 13.2. The molecule has 0 saturated carbocycles. The third-order valence-corrected chi connectivity index (χ3v) is 6.57. The molecule has 0 atom stereocenters. The van der Waals surface area contributed by atoms with Crippen LogP contribution in [0.2, 0.25) is 5.02 Å². The van der Waals surface area contributed by atoms with E-state index in [1.165, 1.54) is 25.9 Å². The average molecular weight is 399 g/mol. The SMILES string of the molecule is CN(C)S(=O)(=O)c1ccccc1CNC(=O)CSc1ccc(Cl)cc1. The molecule has 0 aromatic heterocycles. The minimum absolute atomic E-state index is 0.156. The number of halogens is 1. The summed E-state index contributed by atoms with van der Waals surface area (Å²) in [6.45, 7) is 0.156. The lowest BCUT2D eigenvalue weighted by Crippen LogP contribution is -2.27. The standard InChI is InChI=1S/C17H19ClN2O3S2/c1-20(2)25(22,23)16-6-4-3-5-13(16)11-19-17(21)12-24-15-9-7-14(18)8-10-15/h3-10H,11-12H2,1-2H3,(H,19,21). The molecule has 0 unspecified atom stereocenters. The highest BCUT2D eigenvalue weighted by Crippen LogP contribution is 2.21. The number of sulfonamides is 1. The highest BCUT2D eigenvalue weighted by atomic mass is 35.5. The Morgan fingerprint density at radius 3 is 2.40 bits per heavy atom. The summed E-state index contributed by atoms with van der Waals surface area (Å²) in [6, 6.07) is 13.9. The first kappa shape index (κ1) is 19.8. The predicted molar refractivity (Wildman–Crippen MR) is 101 cm³/mol. The second-order valence-corrected chi connectivity index (χ2v) is 9.02. The maximum absolute atomic E-state index is 12.3. The van der Waals surface area contributed by atoms with Gasteiger partial charge in [0.25, 0.3) is 0 Å². The van der Waals surface area contributed by atoms with Gasteiger partial charge in [-0.3, -0.25) is 4.79 Å². The maximum Gasteiger partial charge on any atom is 0.242 e. The Morgan fingerprint density at radius 2 is 1.76 bits per heavy atom. The molecule has 2 rings (SSSR count). The van der Waals surface area contributed by atoms with Gasteiger partial charge in [0.05, 0.1) is 10.6 Å².